The molecule has 3 nitrogen and oxygen atoms in total. The number of nitrogens with two attached hydrogens (primary N) is 1. The molecule has 0 atom stereocenters. The standard InChI is InChI=1S/C15H18BrFN2OS/c16-11-7-10(8-12(17)9-11)13(20)19-15(14(18)21)5-3-1-2-4-6-15/h7-9H,1-6H2,(H2,18,21)(H,19,20). The SMILES string of the molecule is NC(=S)C1(NC(=O)c2cc(F)cc(Br)c2)CCCCCC1. The third kappa shape index (κ3) is 4.01. The fourth-order valence-electron chi connectivity index (χ4n) is 2.74. The zero-order valence-corrected chi connectivity index (χ0v) is 14.0. The first-order chi connectivity index (χ1) is 9.93. The normalized spacial score (nSPS) is 17.8. The molecule has 1 aliphatic rings. The van der Waals surface area contributed by atoms with Crippen molar-refractivity contribution in [3.8, 4) is 0 Å². The summed E-state index contributed by atoms with van der Waals surface area (Å²) < 4.78 is 14.0. The predicted octanol–water partition coefficient (Wildman–Crippen LogP) is 3.70. The Morgan fingerprint density at radius 1 is 1.24 bits per heavy atom. The summed E-state index contributed by atoms with van der Waals surface area (Å²) in [6, 6.07) is 4.11. The van der Waals surface area contributed by atoms with Crippen LogP contribution in [0.3, 0.4) is 0 Å². The maximum Gasteiger partial charge on any atom is 0.252 e. The van der Waals surface area contributed by atoms with E-state index in [1.54, 1.807) is 6.07 Å². The summed E-state index contributed by atoms with van der Waals surface area (Å²) in [5.74, 6) is -0.801. The molecule has 0 unspecified atom stereocenters. The number of amides is 1. The van der Waals surface area contributed by atoms with Crippen LogP contribution >= 0.6 is 28.1 Å². The summed E-state index contributed by atoms with van der Waals surface area (Å²) in [6.45, 7) is 0. The van der Waals surface area contributed by atoms with Crippen molar-refractivity contribution in [1.29, 1.82) is 0 Å². The summed E-state index contributed by atoms with van der Waals surface area (Å²) in [5, 5.41) is 2.95. The van der Waals surface area contributed by atoms with E-state index in [4.69, 9.17) is 18.0 Å². The van der Waals surface area contributed by atoms with E-state index in [-0.39, 0.29) is 11.5 Å². The van der Waals surface area contributed by atoms with Crippen molar-refractivity contribution in [3.05, 3.63) is 34.1 Å². The molecule has 0 aromatic heterocycles. The number of hydrogen-bond acceptors (Lipinski definition) is 2. The highest BCUT2D eigenvalue weighted by molar-refractivity contribution is 9.10. The van der Waals surface area contributed by atoms with E-state index in [1.165, 1.54) is 12.1 Å². The van der Waals surface area contributed by atoms with E-state index in [1.807, 2.05) is 0 Å². The Balaban J connectivity index is 2.23. The van der Waals surface area contributed by atoms with Crippen LogP contribution in [0.25, 0.3) is 0 Å². The molecule has 0 radical (unpaired) electrons. The molecule has 1 saturated carbocycles. The van der Waals surface area contributed by atoms with Crippen LogP contribution in [0, 0.1) is 5.82 Å². The minimum atomic E-state index is -0.651. The number of hydrogen-bond donors (Lipinski definition) is 2. The number of halogens is 2. The van der Waals surface area contributed by atoms with E-state index in [9.17, 15) is 9.18 Å². The summed E-state index contributed by atoms with van der Waals surface area (Å²) >= 11 is 8.38. The second-order valence-corrected chi connectivity index (χ2v) is 6.83. The molecule has 3 N–H and O–H groups in total. The van der Waals surface area contributed by atoms with Gasteiger partial charge in [0.15, 0.2) is 0 Å². The molecule has 2 rings (SSSR count). The van der Waals surface area contributed by atoms with Gasteiger partial charge < -0.3 is 11.1 Å². The van der Waals surface area contributed by atoms with Crippen molar-refractivity contribution in [3.63, 3.8) is 0 Å². The highest BCUT2D eigenvalue weighted by Gasteiger charge is 2.35. The van der Waals surface area contributed by atoms with Crippen LogP contribution in [0.1, 0.15) is 48.9 Å². The minimum absolute atomic E-state index is 0.266. The van der Waals surface area contributed by atoms with Crippen LogP contribution in [0.15, 0.2) is 22.7 Å². The zero-order chi connectivity index (χ0) is 15.5. The number of carbonyl (C=O) groups excluding carboxylic acids is 1. The van der Waals surface area contributed by atoms with E-state index in [0.29, 0.717) is 9.46 Å². The number of carbonyl (C=O) groups is 1. The third-order valence-corrected chi connectivity index (χ3v) is 4.75. The van der Waals surface area contributed by atoms with Crippen molar-refractivity contribution < 1.29 is 9.18 Å². The van der Waals surface area contributed by atoms with Gasteiger partial charge >= 0.3 is 0 Å². The summed E-state index contributed by atoms with van der Waals surface area (Å²) in [6.07, 6.45) is 5.67. The molecule has 114 valence electrons. The Morgan fingerprint density at radius 3 is 2.38 bits per heavy atom. The van der Waals surface area contributed by atoms with E-state index in [2.05, 4.69) is 21.2 Å². The summed E-state index contributed by atoms with van der Waals surface area (Å²) in [4.78, 5) is 12.7. The topological polar surface area (TPSA) is 55.1 Å². The second-order valence-electron chi connectivity index (χ2n) is 5.47. The lowest BCUT2D eigenvalue weighted by Crippen LogP contribution is -2.56. The molecular weight excluding hydrogens is 355 g/mol. The molecule has 1 aromatic carbocycles. The van der Waals surface area contributed by atoms with Crippen molar-refractivity contribution >= 4 is 39.0 Å². The van der Waals surface area contributed by atoms with Crippen molar-refractivity contribution in [2.75, 3.05) is 0 Å². The fourth-order valence-corrected chi connectivity index (χ4v) is 3.46. The lowest BCUT2D eigenvalue weighted by atomic mass is 9.89. The third-order valence-electron chi connectivity index (χ3n) is 3.91. The van der Waals surface area contributed by atoms with Gasteiger partial charge in [-0.25, -0.2) is 4.39 Å². The minimum Gasteiger partial charge on any atom is -0.391 e. The molecule has 0 saturated heterocycles. The quantitative estimate of drug-likeness (QED) is 0.628. The van der Waals surface area contributed by atoms with Crippen molar-refractivity contribution in [2.45, 2.75) is 44.1 Å². The first-order valence-corrected chi connectivity index (χ1v) is 8.22. The Hall–Kier alpha value is -1.01. The number of nitrogens with one attached hydrogen (secondary N) is 1. The Labute approximate surface area is 137 Å². The van der Waals surface area contributed by atoms with Crippen LogP contribution in [0.4, 0.5) is 4.39 Å². The van der Waals surface area contributed by atoms with Gasteiger partial charge in [-0.3, -0.25) is 4.79 Å². The first kappa shape index (κ1) is 16.4. The van der Waals surface area contributed by atoms with Gasteiger partial charge in [0.2, 0.25) is 0 Å². The van der Waals surface area contributed by atoms with Gasteiger partial charge in [-0.15, -0.1) is 0 Å². The van der Waals surface area contributed by atoms with Crippen LogP contribution in [-0.2, 0) is 0 Å². The number of thiocarbonyl (C=S) groups is 1. The maximum atomic E-state index is 13.4. The van der Waals surface area contributed by atoms with Crippen LogP contribution in [-0.4, -0.2) is 16.4 Å². The van der Waals surface area contributed by atoms with Crippen molar-refractivity contribution in [1.82, 2.24) is 5.32 Å². The monoisotopic (exact) mass is 372 g/mol. The molecule has 0 heterocycles. The van der Waals surface area contributed by atoms with Crippen LogP contribution in [0.2, 0.25) is 0 Å². The van der Waals surface area contributed by atoms with Crippen LogP contribution in [0.5, 0.6) is 0 Å². The zero-order valence-electron chi connectivity index (χ0n) is 11.6. The van der Waals surface area contributed by atoms with Gasteiger partial charge in [-0.2, -0.15) is 0 Å². The molecule has 0 aliphatic heterocycles. The summed E-state index contributed by atoms with van der Waals surface area (Å²) in [5.41, 5.74) is 5.51. The van der Waals surface area contributed by atoms with Crippen molar-refractivity contribution in [2.24, 2.45) is 5.73 Å². The Kier molecular flexibility index (Phi) is 5.32. The number of benzene rings is 1. The number of rotatable bonds is 3. The Bertz CT molecular complexity index is 536. The highest BCUT2D eigenvalue weighted by Crippen LogP contribution is 2.28. The van der Waals surface area contributed by atoms with Gasteiger partial charge in [0, 0.05) is 10.0 Å². The van der Waals surface area contributed by atoms with Gasteiger partial charge in [-0.05, 0) is 31.0 Å². The highest BCUT2D eigenvalue weighted by atomic mass is 79.9. The van der Waals surface area contributed by atoms with Gasteiger partial charge in [-0.1, -0.05) is 53.8 Å². The summed E-state index contributed by atoms with van der Waals surface area (Å²) in [7, 11) is 0. The molecule has 1 fully saturated rings. The average Bonchev–Trinajstić information content (AvgIpc) is 2.64. The molecular formula is C15H18BrFN2OS. The Morgan fingerprint density at radius 2 is 1.86 bits per heavy atom. The fraction of sp³-hybridized carbons (Fsp3) is 0.467. The maximum absolute atomic E-state index is 13.4. The molecule has 6 heteroatoms. The predicted molar refractivity (Wildman–Crippen MR) is 88.8 cm³/mol. The van der Waals surface area contributed by atoms with Gasteiger partial charge in [0.1, 0.15) is 5.82 Å². The van der Waals surface area contributed by atoms with E-state index >= 15 is 0 Å². The first-order valence-electron chi connectivity index (χ1n) is 7.01. The van der Waals surface area contributed by atoms with E-state index < -0.39 is 11.4 Å². The molecule has 1 aliphatic carbocycles. The van der Waals surface area contributed by atoms with Gasteiger partial charge in [0.25, 0.3) is 5.91 Å². The smallest absolute Gasteiger partial charge is 0.252 e. The second kappa shape index (κ2) is 6.83. The molecule has 0 bridgehead atoms. The average molecular weight is 373 g/mol. The van der Waals surface area contributed by atoms with E-state index in [0.717, 1.165) is 38.5 Å². The molecule has 21 heavy (non-hydrogen) atoms. The molecule has 1 amide bonds. The molecule has 0 spiro atoms. The lowest BCUT2D eigenvalue weighted by Gasteiger charge is -2.33. The largest absolute Gasteiger partial charge is 0.391 e. The molecule has 1 aromatic rings. The lowest BCUT2D eigenvalue weighted by molar-refractivity contribution is 0.0917. The van der Waals surface area contributed by atoms with Gasteiger partial charge in [0.05, 0.1) is 10.5 Å². The van der Waals surface area contributed by atoms with Crippen LogP contribution < -0.4 is 11.1 Å².